The van der Waals surface area contributed by atoms with Gasteiger partial charge in [-0.3, -0.25) is 0 Å². The van der Waals surface area contributed by atoms with Crippen LogP contribution in [0.15, 0.2) is 23.3 Å². The van der Waals surface area contributed by atoms with E-state index in [1.807, 2.05) is 20.8 Å². The fourth-order valence-corrected chi connectivity index (χ4v) is 0.732. The minimum atomic E-state index is -1.10. The molecule has 0 aliphatic carbocycles. The number of allylic oxidation sites excluding steroid dienone is 2. The summed E-state index contributed by atoms with van der Waals surface area (Å²) in [6, 6.07) is 0. The van der Waals surface area contributed by atoms with E-state index >= 15 is 0 Å². The zero-order valence-corrected chi connectivity index (χ0v) is 10.2. The number of carboxylic acids is 1. The van der Waals surface area contributed by atoms with Crippen LogP contribution in [-0.4, -0.2) is 5.97 Å². The summed E-state index contributed by atoms with van der Waals surface area (Å²) in [5.41, 5.74) is 1.24. The van der Waals surface area contributed by atoms with E-state index in [2.05, 4.69) is 0 Å². The minimum Gasteiger partial charge on any atom is -0.545 e. The quantitative estimate of drug-likeness (QED) is 0.285. The van der Waals surface area contributed by atoms with Gasteiger partial charge in [0, 0.05) is 0 Å². The maximum absolute atomic E-state index is 10.4. The van der Waals surface area contributed by atoms with Gasteiger partial charge in [-0.1, -0.05) is 24.6 Å². The molecule has 0 aromatic carbocycles. The van der Waals surface area contributed by atoms with E-state index < -0.39 is 5.97 Å². The van der Waals surface area contributed by atoms with Crippen LogP contribution in [0, 0.1) is 0 Å². The molecular weight excluding hydrogens is 163 g/mol. The Labute approximate surface area is 95.6 Å². The van der Waals surface area contributed by atoms with Gasteiger partial charge < -0.3 is 9.90 Å². The van der Waals surface area contributed by atoms with Gasteiger partial charge in [0.25, 0.3) is 0 Å². The SMILES string of the molecule is CC/C=C(\C=C(C)C)C(=O)[O-].[Na+]. The second kappa shape index (κ2) is 7.59. The van der Waals surface area contributed by atoms with Crippen molar-refractivity contribution in [2.45, 2.75) is 27.2 Å². The van der Waals surface area contributed by atoms with Crippen LogP contribution in [0.3, 0.4) is 0 Å². The van der Waals surface area contributed by atoms with Gasteiger partial charge in [-0.05, 0) is 25.8 Å². The van der Waals surface area contributed by atoms with E-state index in [9.17, 15) is 9.90 Å². The van der Waals surface area contributed by atoms with Gasteiger partial charge in [-0.15, -0.1) is 0 Å². The van der Waals surface area contributed by atoms with Crippen LogP contribution in [-0.2, 0) is 4.79 Å². The summed E-state index contributed by atoms with van der Waals surface area (Å²) in [6.07, 6.45) is 3.97. The van der Waals surface area contributed by atoms with Crippen molar-refractivity contribution in [3.05, 3.63) is 23.3 Å². The summed E-state index contributed by atoms with van der Waals surface area (Å²) in [6.45, 7) is 5.60. The summed E-state index contributed by atoms with van der Waals surface area (Å²) in [5.74, 6) is -1.10. The van der Waals surface area contributed by atoms with Crippen LogP contribution in [0.5, 0.6) is 0 Å². The van der Waals surface area contributed by atoms with Crippen LogP contribution in [0.25, 0.3) is 0 Å². The van der Waals surface area contributed by atoms with Crippen LogP contribution < -0.4 is 34.7 Å². The smallest absolute Gasteiger partial charge is 0.545 e. The van der Waals surface area contributed by atoms with Crippen molar-refractivity contribution in [2.24, 2.45) is 0 Å². The van der Waals surface area contributed by atoms with E-state index in [0.717, 1.165) is 5.57 Å². The van der Waals surface area contributed by atoms with Crippen LogP contribution >= 0.6 is 0 Å². The van der Waals surface area contributed by atoms with Crippen LogP contribution in [0.4, 0.5) is 0 Å². The van der Waals surface area contributed by atoms with Crippen LogP contribution in [0.2, 0.25) is 0 Å². The Hall–Kier alpha value is -0.0500. The maximum Gasteiger partial charge on any atom is 1.00 e. The Bertz CT molecular complexity index is 201. The molecule has 0 atom stereocenters. The molecule has 0 heterocycles. The van der Waals surface area contributed by atoms with Gasteiger partial charge >= 0.3 is 29.6 Å². The van der Waals surface area contributed by atoms with Gasteiger partial charge in [0.2, 0.25) is 0 Å². The summed E-state index contributed by atoms with van der Waals surface area (Å²) < 4.78 is 0. The second-order valence-corrected chi connectivity index (χ2v) is 2.58. The first-order valence-electron chi connectivity index (χ1n) is 3.64. The topological polar surface area (TPSA) is 40.1 Å². The number of hydrogen-bond acceptors (Lipinski definition) is 2. The number of carboxylic acid groups (broad SMARTS) is 1. The van der Waals surface area contributed by atoms with Crippen molar-refractivity contribution in [3.8, 4) is 0 Å². The third kappa shape index (κ3) is 6.65. The summed E-state index contributed by atoms with van der Waals surface area (Å²) in [5, 5.41) is 10.4. The molecule has 0 fully saturated rings. The molecule has 0 aliphatic heterocycles. The Balaban J connectivity index is 0. The Morgan fingerprint density at radius 2 is 1.92 bits per heavy atom. The molecule has 0 radical (unpaired) electrons. The molecule has 0 saturated carbocycles. The van der Waals surface area contributed by atoms with Gasteiger partial charge in [0.1, 0.15) is 0 Å². The van der Waals surface area contributed by atoms with Crippen molar-refractivity contribution >= 4 is 5.97 Å². The van der Waals surface area contributed by atoms with Crippen molar-refractivity contribution in [2.75, 3.05) is 0 Å². The average Bonchev–Trinajstić information content (AvgIpc) is 1.86. The van der Waals surface area contributed by atoms with E-state index in [0.29, 0.717) is 6.42 Å². The number of carbonyl (C=O) groups is 1. The predicted octanol–water partition coefficient (Wildman–Crippen LogP) is -1.96. The molecule has 0 N–H and O–H groups in total. The van der Waals surface area contributed by atoms with E-state index in [1.54, 1.807) is 12.2 Å². The van der Waals surface area contributed by atoms with Crippen molar-refractivity contribution in [1.82, 2.24) is 0 Å². The molecular formula is C9H13NaO2. The molecule has 0 bridgehead atoms. The van der Waals surface area contributed by atoms with Gasteiger partial charge in [-0.2, -0.15) is 0 Å². The maximum atomic E-state index is 10.4. The monoisotopic (exact) mass is 176 g/mol. The van der Waals surface area contributed by atoms with Gasteiger partial charge in [0.05, 0.1) is 5.97 Å². The fraction of sp³-hybridized carbons (Fsp3) is 0.444. The fourth-order valence-electron chi connectivity index (χ4n) is 0.732. The molecule has 0 aromatic rings. The standard InChI is InChI=1S/C9H14O2.Na/c1-4-5-8(9(10)11)6-7(2)3;/h5-6H,4H2,1-3H3,(H,10,11);/q;+1/p-1/b8-5+;. The number of carbonyl (C=O) groups excluding carboxylic acids is 1. The summed E-state index contributed by atoms with van der Waals surface area (Å²) in [4.78, 5) is 10.4. The van der Waals surface area contributed by atoms with Crippen LogP contribution in [0.1, 0.15) is 27.2 Å². The third-order valence-corrected chi connectivity index (χ3v) is 1.10. The first-order chi connectivity index (χ1) is 5.07. The molecule has 0 amide bonds. The second-order valence-electron chi connectivity index (χ2n) is 2.58. The first kappa shape index (κ1) is 14.5. The molecule has 12 heavy (non-hydrogen) atoms. The third-order valence-electron chi connectivity index (χ3n) is 1.10. The Kier molecular flexibility index (Phi) is 9.16. The van der Waals surface area contributed by atoms with E-state index in [1.165, 1.54) is 0 Å². The summed E-state index contributed by atoms with van der Waals surface area (Å²) >= 11 is 0. The van der Waals surface area contributed by atoms with Crippen molar-refractivity contribution in [1.29, 1.82) is 0 Å². The van der Waals surface area contributed by atoms with Crippen molar-refractivity contribution < 1.29 is 39.5 Å². The van der Waals surface area contributed by atoms with Gasteiger partial charge in [-0.25, -0.2) is 0 Å². The molecule has 2 nitrogen and oxygen atoms in total. The zero-order valence-electron chi connectivity index (χ0n) is 8.18. The summed E-state index contributed by atoms with van der Waals surface area (Å²) in [7, 11) is 0. The zero-order chi connectivity index (χ0) is 8.85. The molecule has 0 unspecified atom stereocenters. The van der Waals surface area contributed by atoms with Gasteiger partial charge in [0.15, 0.2) is 0 Å². The van der Waals surface area contributed by atoms with E-state index in [-0.39, 0.29) is 35.1 Å². The normalized spacial score (nSPS) is 10.1. The van der Waals surface area contributed by atoms with E-state index in [4.69, 9.17) is 0 Å². The number of hydrogen-bond donors (Lipinski definition) is 0. The molecule has 0 aromatic heterocycles. The molecule has 0 spiro atoms. The largest absolute Gasteiger partial charge is 1.00 e. The minimum absolute atomic E-state index is 0. The molecule has 3 heteroatoms. The average molecular weight is 176 g/mol. The number of aliphatic carboxylic acids is 1. The Morgan fingerprint density at radius 1 is 1.42 bits per heavy atom. The molecule has 0 saturated heterocycles. The molecule has 0 rings (SSSR count). The molecule has 62 valence electrons. The molecule has 0 aliphatic rings. The Morgan fingerprint density at radius 3 is 2.17 bits per heavy atom. The first-order valence-corrected chi connectivity index (χ1v) is 3.64. The number of rotatable bonds is 3. The van der Waals surface area contributed by atoms with Crippen molar-refractivity contribution in [3.63, 3.8) is 0 Å². The predicted molar refractivity (Wildman–Crippen MR) is 42.8 cm³/mol.